The lowest BCUT2D eigenvalue weighted by atomic mass is 9.99. The van der Waals surface area contributed by atoms with Crippen LogP contribution in [0.4, 0.5) is 0 Å². The number of esters is 4. The third kappa shape index (κ3) is 64.1. The van der Waals surface area contributed by atoms with Crippen LogP contribution in [-0.2, 0) is 65.4 Å². The summed E-state index contributed by atoms with van der Waals surface area (Å²) in [5, 5.41) is 10.6. The fraction of sp³-hybridized carbons (Fsp3) is 0.945. The molecule has 3 N–H and O–H groups in total. The summed E-state index contributed by atoms with van der Waals surface area (Å²) in [6.07, 6.45) is 48.3. The molecule has 0 aliphatic carbocycles. The Balaban J connectivity index is 5.28. The Kier molecular flexibility index (Phi) is 62.4. The van der Waals surface area contributed by atoms with Crippen molar-refractivity contribution in [3.63, 3.8) is 0 Å². The number of rotatable bonds is 71. The molecule has 7 atom stereocenters. The summed E-state index contributed by atoms with van der Waals surface area (Å²) in [6, 6.07) is 0. The predicted octanol–water partition coefficient (Wildman–Crippen LogP) is 21.0. The van der Waals surface area contributed by atoms with Crippen LogP contribution in [0, 0.1) is 17.8 Å². The van der Waals surface area contributed by atoms with Gasteiger partial charge in [-0.3, -0.25) is 37.3 Å². The summed E-state index contributed by atoms with van der Waals surface area (Å²) in [5.41, 5.74) is 0. The first kappa shape index (κ1) is 90.1. The number of hydrogen-bond donors (Lipinski definition) is 3. The molecule has 0 aromatic rings. The van der Waals surface area contributed by atoms with E-state index in [0.717, 1.165) is 108 Å². The smallest absolute Gasteiger partial charge is 0.462 e. The molecular formula is C73H142O17P2. The fourth-order valence-electron chi connectivity index (χ4n) is 11.0. The van der Waals surface area contributed by atoms with Gasteiger partial charge < -0.3 is 33.8 Å². The van der Waals surface area contributed by atoms with Crippen molar-refractivity contribution in [3.8, 4) is 0 Å². The van der Waals surface area contributed by atoms with Gasteiger partial charge in [0.25, 0.3) is 0 Å². The van der Waals surface area contributed by atoms with Gasteiger partial charge in [-0.2, -0.15) is 0 Å². The predicted molar refractivity (Wildman–Crippen MR) is 372 cm³/mol. The molecule has 0 aromatic carbocycles. The quantitative estimate of drug-likeness (QED) is 0.0222. The van der Waals surface area contributed by atoms with E-state index >= 15 is 0 Å². The van der Waals surface area contributed by atoms with Gasteiger partial charge in [0.15, 0.2) is 12.2 Å². The van der Waals surface area contributed by atoms with Crippen molar-refractivity contribution in [1.82, 2.24) is 0 Å². The highest BCUT2D eigenvalue weighted by Gasteiger charge is 2.30. The van der Waals surface area contributed by atoms with Crippen molar-refractivity contribution in [1.29, 1.82) is 0 Å². The summed E-state index contributed by atoms with van der Waals surface area (Å²) < 4.78 is 68.4. The van der Waals surface area contributed by atoms with Gasteiger partial charge in [-0.15, -0.1) is 0 Å². The molecule has 0 heterocycles. The number of phosphoric ester groups is 2. The van der Waals surface area contributed by atoms with E-state index in [0.29, 0.717) is 25.7 Å². The monoisotopic (exact) mass is 1350 g/mol. The third-order valence-corrected chi connectivity index (χ3v) is 19.5. The number of aliphatic hydroxyl groups is 1. The molecule has 0 saturated carbocycles. The van der Waals surface area contributed by atoms with E-state index in [1.165, 1.54) is 180 Å². The van der Waals surface area contributed by atoms with Crippen LogP contribution in [0.2, 0.25) is 0 Å². The van der Waals surface area contributed by atoms with Gasteiger partial charge in [0.1, 0.15) is 19.3 Å². The van der Waals surface area contributed by atoms with Gasteiger partial charge in [-0.25, -0.2) is 9.13 Å². The Morgan fingerprint density at radius 3 is 0.826 bits per heavy atom. The van der Waals surface area contributed by atoms with Crippen molar-refractivity contribution in [3.05, 3.63) is 0 Å². The van der Waals surface area contributed by atoms with Gasteiger partial charge in [0.05, 0.1) is 26.4 Å². The lowest BCUT2D eigenvalue weighted by molar-refractivity contribution is -0.161. The first-order valence-electron chi connectivity index (χ1n) is 37.9. The van der Waals surface area contributed by atoms with Crippen molar-refractivity contribution < 1.29 is 80.2 Å². The van der Waals surface area contributed by atoms with E-state index in [1.54, 1.807) is 0 Å². The minimum Gasteiger partial charge on any atom is -0.462 e. The van der Waals surface area contributed by atoms with Gasteiger partial charge in [-0.1, -0.05) is 318 Å². The van der Waals surface area contributed by atoms with E-state index in [4.69, 9.17) is 37.0 Å². The molecule has 0 rings (SSSR count). The van der Waals surface area contributed by atoms with Crippen LogP contribution in [0.15, 0.2) is 0 Å². The van der Waals surface area contributed by atoms with Crippen LogP contribution < -0.4 is 0 Å². The summed E-state index contributed by atoms with van der Waals surface area (Å²) in [4.78, 5) is 72.7. The minimum absolute atomic E-state index is 0.104. The maximum Gasteiger partial charge on any atom is 0.472 e. The van der Waals surface area contributed by atoms with Gasteiger partial charge in [0, 0.05) is 25.7 Å². The average Bonchev–Trinajstić information content (AvgIpc) is 2.59. The van der Waals surface area contributed by atoms with Gasteiger partial charge in [0.2, 0.25) is 0 Å². The lowest BCUT2D eigenvalue weighted by Gasteiger charge is -2.21. The number of hydrogen-bond acceptors (Lipinski definition) is 15. The molecule has 0 saturated heterocycles. The van der Waals surface area contributed by atoms with Crippen LogP contribution >= 0.6 is 15.6 Å². The topological polar surface area (TPSA) is 237 Å². The van der Waals surface area contributed by atoms with E-state index < -0.39 is 97.5 Å². The zero-order chi connectivity index (χ0) is 68.0. The molecule has 0 aromatic heterocycles. The molecule has 0 aliphatic rings. The molecule has 546 valence electrons. The lowest BCUT2D eigenvalue weighted by Crippen LogP contribution is -2.30. The zero-order valence-corrected chi connectivity index (χ0v) is 61.8. The van der Waals surface area contributed by atoms with Crippen molar-refractivity contribution >= 4 is 39.5 Å². The summed E-state index contributed by atoms with van der Waals surface area (Å²) in [7, 11) is -9.91. The highest BCUT2D eigenvalue weighted by molar-refractivity contribution is 7.47. The van der Waals surface area contributed by atoms with Gasteiger partial charge in [-0.05, 0) is 43.4 Å². The molecule has 0 radical (unpaired) electrons. The van der Waals surface area contributed by atoms with Crippen LogP contribution in [0.3, 0.4) is 0 Å². The first-order chi connectivity index (χ1) is 44.3. The SMILES string of the molecule is CCCCCCCCCCCCCCCC(=O)OC[C@H](COP(=O)(O)OC[C@@H](O)COP(=O)(O)OC[C@@H](COC(=O)CCCCCCCCCCC(C)CC)OC(=O)CCCCCCCCCCC(C)CC)OC(=O)CCCCCCCCCCCCCCC(C)C. The van der Waals surface area contributed by atoms with E-state index in [2.05, 4.69) is 48.5 Å². The Bertz CT molecular complexity index is 1810. The second kappa shape index (κ2) is 63.8. The number of ether oxygens (including phenoxy) is 4. The Hall–Kier alpha value is -1.94. The highest BCUT2D eigenvalue weighted by Crippen LogP contribution is 2.45. The largest absolute Gasteiger partial charge is 0.472 e. The molecule has 4 unspecified atom stereocenters. The summed E-state index contributed by atoms with van der Waals surface area (Å²) >= 11 is 0. The molecule has 0 aliphatic heterocycles. The maximum atomic E-state index is 13.1. The van der Waals surface area contributed by atoms with Crippen LogP contribution in [0.25, 0.3) is 0 Å². The molecule has 92 heavy (non-hydrogen) atoms. The molecule has 0 fully saturated rings. The molecule has 0 bridgehead atoms. The number of phosphoric acid groups is 2. The van der Waals surface area contributed by atoms with E-state index in [-0.39, 0.29) is 25.7 Å². The minimum atomic E-state index is -4.95. The van der Waals surface area contributed by atoms with Crippen molar-refractivity contribution in [2.24, 2.45) is 17.8 Å². The van der Waals surface area contributed by atoms with E-state index in [1.807, 2.05) is 0 Å². The van der Waals surface area contributed by atoms with Gasteiger partial charge >= 0.3 is 39.5 Å². The number of aliphatic hydroxyl groups excluding tert-OH is 1. The second-order valence-corrected chi connectivity index (χ2v) is 30.2. The Morgan fingerprint density at radius 1 is 0.315 bits per heavy atom. The first-order valence-corrected chi connectivity index (χ1v) is 40.9. The number of unbranched alkanes of at least 4 members (excludes halogenated alkanes) is 37. The fourth-order valence-corrected chi connectivity index (χ4v) is 12.6. The second-order valence-electron chi connectivity index (χ2n) is 27.3. The Morgan fingerprint density at radius 2 is 0.554 bits per heavy atom. The zero-order valence-electron chi connectivity index (χ0n) is 60.0. The summed E-state index contributed by atoms with van der Waals surface area (Å²) in [5.74, 6) is 0.202. The summed E-state index contributed by atoms with van der Waals surface area (Å²) in [6.45, 7) is 11.9. The molecule has 17 nitrogen and oxygen atoms in total. The van der Waals surface area contributed by atoms with Crippen molar-refractivity contribution in [2.45, 2.75) is 388 Å². The Labute approximate surface area is 562 Å². The van der Waals surface area contributed by atoms with Crippen LogP contribution in [0.5, 0.6) is 0 Å². The molecule has 0 spiro atoms. The standard InChI is InChI=1S/C73H142O17P2/c1-8-11-12-13-14-15-16-17-21-24-33-40-47-54-70(75)83-60-68(89-72(77)56-49-42-35-25-22-19-18-20-23-30-37-44-51-64(4)5)62-87-91(79,80)85-58-67(74)59-86-92(81,82)88-63-69(90-73(78)57-50-43-36-29-27-32-39-46-53-66(7)10-3)61-84-71(76)55-48-41-34-28-26-31-38-45-52-65(6)9-2/h64-69,74H,8-63H2,1-7H3,(H,79,80)(H,81,82)/t65?,66?,67-,68-,69-/m1/s1. The molecular weight excluding hydrogens is 1210 g/mol. The maximum absolute atomic E-state index is 13.1. The normalized spacial score (nSPS) is 14.7. The third-order valence-electron chi connectivity index (χ3n) is 17.6. The van der Waals surface area contributed by atoms with Crippen LogP contribution in [0.1, 0.15) is 370 Å². The number of carbonyl (C=O) groups is 4. The number of carbonyl (C=O) groups excluding carboxylic acids is 4. The highest BCUT2D eigenvalue weighted by atomic mass is 31.2. The molecule has 19 heteroatoms. The molecule has 0 amide bonds. The van der Waals surface area contributed by atoms with E-state index in [9.17, 15) is 43.2 Å². The van der Waals surface area contributed by atoms with Crippen LogP contribution in [-0.4, -0.2) is 96.7 Å². The van der Waals surface area contributed by atoms with Crippen molar-refractivity contribution in [2.75, 3.05) is 39.6 Å². The average molecular weight is 1350 g/mol.